The molecule has 108 valence electrons. The Kier molecular flexibility index (Phi) is 4.18. The molecule has 0 amide bonds. The molecule has 0 aliphatic carbocycles. The molecule has 4 heteroatoms. The van der Waals surface area contributed by atoms with Gasteiger partial charge in [0.05, 0.1) is 10.2 Å². The first-order chi connectivity index (χ1) is 10.2. The fourth-order valence-corrected chi connectivity index (χ4v) is 3.16. The van der Waals surface area contributed by atoms with Crippen LogP contribution < -0.4 is 10.5 Å². The fourth-order valence-electron chi connectivity index (χ4n) is 2.28. The number of nitrogens with zero attached hydrogens (tertiary/aromatic N) is 1. The molecule has 1 unspecified atom stereocenters. The van der Waals surface area contributed by atoms with Crippen LogP contribution in [0.5, 0.6) is 5.75 Å². The molecule has 3 rings (SSSR count). The first-order valence-corrected chi connectivity index (χ1v) is 7.85. The Morgan fingerprint density at radius 2 is 1.90 bits per heavy atom. The van der Waals surface area contributed by atoms with E-state index in [4.69, 9.17) is 10.5 Å². The number of thiazole rings is 1. The summed E-state index contributed by atoms with van der Waals surface area (Å²) in [5.41, 5.74) is 8.06. The van der Waals surface area contributed by atoms with E-state index in [-0.39, 0.29) is 6.04 Å². The van der Waals surface area contributed by atoms with Crippen LogP contribution in [0.25, 0.3) is 10.2 Å². The van der Waals surface area contributed by atoms with Crippen LogP contribution >= 0.6 is 11.3 Å². The minimum Gasteiger partial charge on any atom is -0.486 e. The van der Waals surface area contributed by atoms with Gasteiger partial charge in [-0.25, -0.2) is 4.98 Å². The molecule has 0 fully saturated rings. The molecule has 0 saturated heterocycles. The molecule has 0 aliphatic rings. The zero-order valence-corrected chi connectivity index (χ0v) is 12.8. The first kappa shape index (κ1) is 14.0. The van der Waals surface area contributed by atoms with Crippen LogP contribution in [0.2, 0.25) is 0 Å². The average Bonchev–Trinajstić information content (AvgIpc) is 2.88. The summed E-state index contributed by atoms with van der Waals surface area (Å²) in [4.78, 5) is 4.59. The van der Waals surface area contributed by atoms with Gasteiger partial charge in [-0.05, 0) is 37.1 Å². The minimum absolute atomic E-state index is 0.122. The summed E-state index contributed by atoms with van der Waals surface area (Å²) in [6.07, 6.45) is 0.815. The highest BCUT2D eigenvalue weighted by Crippen LogP contribution is 2.24. The van der Waals surface area contributed by atoms with Gasteiger partial charge in [0.15, 0.2) is 0 Å². The molecule has 0 aliphatic heterocycles. The van der Waals surface area contributed by atoms with E-state index in [1.807, 2.05) is 43.3 Å². The summed E-state index contributed by atoms with van der Waals surface area (Å²) in [5, 5.41) is 0.992. The molecule has 21 heavy (non-hydrogen) atoms. The third-order valence-electron chi connectivity index (χ3n) is 3.20. The number of ether oxygens (including phenoxy) is 1. The molecule has 0 spiro atoms. The standard InChI is InChI=1S/C17H18N2OS/c1-12(18)10-13-6-2-4-8-15(13)20-11-17-19-14-7-3-5-9-16(14)21-17/h2-9,12H,10-11,18H2,1H3. The molecule has 0 radical (unpaired) electrons. The summed E-state index contributed by atoms with van der Waals surface area (Å²) in [5.74, 6) is 0.897. The van der Waals surface area contributed by atoms with Crippen molar-refractivity contribution in [3.63, 3.8) is 0 Å². The number of hydrogen-bond donors (Lipinski definition) is 1. The second kappa shape index (κ2) is 6.24. The third kappa shape index (κ3) is 3.40. The predicted molar refractivity (Wildman–Crippen MR) is 87.7 cm³/mol. The molecule has 1 aromatic heterocycles. The summed E-state index contributed by atoms with van der Waals surface area (Å²) in [7, 11) is 0. The second-order valence-corrected chi connectivity index (χ2v) is 6.27. The van der Waals surface area contributed by atoms with Gasteiger partial charge in [-0.3, -0.25) is 0 Å². The van der Waals surface area contributed by atoms with Crippen LogP contribution in [0, 0.1) is 0 Å². The number of nitrogens with two attached hydrogens (primary N) is 1. The zero-order valence-electron chi connectivity index (χ0n) is 12.0. The molecule has 1 atom stereocenters. The predicted octanol–water partition coefficient (Wildman–Crippen LogP) is 3.77. The fraction of sp³-hybridized carbons (Fsp3) is 0.235. The van der Waals surface area contributed by atoms with Crippen molar-refractivity contribution in [1.82, 2.24) is 4.98 Å². The molecule has 2 aromatic carbocycles. The number of fused-ring (bicyclic) bond motifs is 1. The monoisotopic (exact) mass is 298 g/mol. The van der Waals surface area contributed by atoms with Crippen LogP contribution in [-0.4, -0.2) is 11.0 Å². The third-order valence-corrected chi connectivity index (χ3v) is 4.21. The molecule has 2 N–H and O–H groups in total. The molecule has 0 saturated carbocycles. The second-order valence-electron chi connectivity index (χ2n) is 5.15. The van der Waals surface area contributed by atoms with Crippen LogP contribution in [0.15, 0.2) is 48.5 Å². The van der Waals surface area contributed by atoms with E-state index in [9.17, 15) is 0 Å². The van der Waals surface area contributed by atoms with Crippen molar-refractivity contribution in [3.8, 4) is 5.75 Å². The number of aromatic nitrogens is 1. The van der Waals surface area contributed by atoms with Gasteiger partial charge in [0.25, 0.3) is 0 Å². The SMILES string of the molecule is CC(N)Cc1ccccc1OCc1nc2ccccc2s1. The highest BCUT2D eigenvalue weighted by Gasteiger charge is 2.08. The van der Waals surface area contributed by atoms with Gasteiger partial charge in [0.2, 0.25) is 0 Å². The maximum atomic E-state index is 5.95. The van der Waals surface area contributed by atoms with Crippen molar-refractivity contribution in [2.24, 2.45) is 5.73 Å². The lowest BCUT2D eigenvalue weighted by molar-refractivity contribution is 0.302. The van der Waals surface area contributed by atoms with E-state index in [1.165, 1.54) is 4.70 Å². The number of hydrogen-bond acceptors (Lipinski definition) is 4. The maximum absolute atomic E-state index is 5.95. The van der Waals surface area contributed by atoms with Crippen LogP contribution in [-0.2, 0) is 13.0 Å². The summed E-state index contributed by atoms with van der Waals surface area (Å²) in [6, 6.07) is 16.3. The van der Waals surface area contributed by atoms with Crippen molar-refractivity contribution in [2.45, 2.75) is 26.0 Å². The van der Waals surface area contributed by atoms with Gasteiger partial charge in [-0.1, -0.05) is 30.3 Å². The van der Waals surface area contributed by atoms with E-state index in [0.29, 0.717) is 6.61 Å². The Balaban J connectivity index is 1.75. The van der Waals surface area contributed by atoms with Crippen LogP contribution in [0.4, 0.5) is 0 Å². The van der Waals surface area contributed by atoms with Crippen molar-refractivity contribution >= 4 is 21.6 Å². The molecule has 0 bridgehead atoms. The lowest BCUT2D eigenvalue weighted by Crippen LogP contribution is -2.18. The number of benzene rings is 2. The molecular weight excluding hydrogens is 280 g/mol. The van der Waals surface area contributed by atoms with E-state index >= 15 is 0 Å². The van der Waals surface area contributed by atoms with Crippen molar-refractivity contribution in [1.29, 1.82) is 0 Å². The van der Waals surface area contributed by atoms with Crippen molar-refractivity contribution < 1.29 is 4.74 Å². The van der Waals surface area contributed by atoms with E-state index in [2.05, 4.69) is 17.1 Å². The van der Waals surface area contributed by atoms with Gasteiger partial charge in [-0.15, -0.1) is 11.3 Å². The lowest BCUT2D eigenvalue weighted by Gasteiger charge is -2.12. The van der Waals surface area contributed by atoms with Gasteiger partial charge < -0.3 is 10.5 Å². The highest BCUT2D eigenvalue weighted by molar-refractivity contribution is 7.18. The largest absolute Gasteiger partial charge is 0.486 e. The Morgan fingerprint density at radius 3 is 2.71 bits per heavy atom. The molecule has 3 nitrogen and oxygen atoms in total. The van der Waals surface area contributed by atoms with E-state index in [1.54, 1.807) is 11.3 Å². The highest BCUT2D eigenvalue weighted by atomic mass is 32.1. The lowest BCUT2D eigenvalue weighted by atomic mass is 10.1. The topological polar surface area (TPSA) is 48.1 Å². The maximum Gasteiger partial charge on any atom is 0.140 e. The molecule has 3 aromatic rings. The summed E-state index contributed by atoms with van der Waals surface area (Å²) >= 11 is 1.68. The minimum atomic E-state index is 0.122. The average molecular weight is 298 g/mol. The number of rotatable bonds is 5. The molecular formula is C17H18N2OS. The van der Waals surface area contributed by atoms with Gasteiger partial charge in [0.1, 0.15) is 17.4 Å². The van der Waals surface area contributed by atoms with Crippen molar-refractivity contribution in [3.05, 3.63) is 59.1 Å². The van der Waals surface area contributed by atoms with Crippen LogP contribution in [0.1, 0.15) is 17.5 Å². The van der Waals surface area contributed by atoms with Crippen LogP contribution in [0.3, 0.4) is 0 Å². The molecule has 1 heterocycles. The smallest absolute Gasteiger partial charge is 0.140 e. The summed E-state index contributed by atoms with van der Waals surface area (Å²) in [6.45, 7) is 2.50. The first-order valence-electron chi connectivity index (χ1n) is 7.03. The van der Waals surface area contributed by atoms with Crippen molar-refractivity contribution in [2.75, 3.05) is 0 Å². The summed E-state index contributed by atoms with van der Waals surface area (Å²) < 4.78 is 7.14. The number of para-hydroxylation sites is 2. The quantitative estimate of drug-likeness (QED) is 0.780. The Bertz CT molecular complexity index is 703. The van der Waals surface area contributed by atoms with Gasteiger partial charge in [0, 0.05) is 6.04 Å². The Morgan fingerprint density at radius 1 is 1.14 bits per heavy atom. The zero-order chi connectivity index (χ0) is 14.7. The normalized spacial score (nSPS) is 12.5. The Hall–Kier alpha value is -1.91. The van der Waals surface area contributed by atoms with E-state index < -0.39 is 0 Å². The van der Waals surface area contributed by atoms with E-state index in [0.717, 1.165) is 28.3 Å². The Labute approximate surface area is 128 Å². The van der Waals surface area contributed by atoms with Gasteiger partial charge in [-0.2, -0.15) is 0 Å². The van der Waals surface area contributed by atoms with Gasteiger partial charge >= 0.3 is 0 Å².